The lowest BCUT2D eigenvalue weighted by Gasteiger charge is -2.24. The Hall–Kier alpha value is -4.17. The van der Waals surface area contributed by atoms with Crippen LogP contribution in [0.1, 0.15) is 55.0 Å². The third-order valence-electron chi connectivity index (χ3n) is 6.41. The number of carbonyl (C=O) groups is 3. The zero-order valence-electron chi connectivity index (χ0n) is 21.6. The van der Waals surface area contributed by atoms with E-state index in [1.807, 2.05) is 48.5 Å². The molecule has 4 N–H and O–H groups in total. The van der Waals surface area contributed by atoms with E-state index >= 15 is 0 Å². The first-order valence-electron chi connectivity index (χ1n) is 12.5. The smallest absolute Gasteiger partial charge is 0.407 e. The highest BCUT2D eigenvalue weighted by Gasteiger charge is 2.31. The predicted molar refractivity (Wildman–Crippen MR) is 143 cm³/mol. The van der Waals surface area contributed by atoms with E-state index in [2.05, 4.69) is 5.32 Å². The maximum Gasteiger partial charge on any atom is 0.407 e. The van der Waals surface area contributed by atoms with Crippen molar-refractivity contribution in [2.24, 2.45) is 5.73 Å². The van der Waals surface area contributed by atoms with Crippen LogP contribution in [0.5, 0.6) is 0 Å². The summed E-state index contributed by atoms with van der Waals surface area (Å²) in [4.78, 5) is 37.3. The van der Waals surface area contributed by atoms with Crippen LogP contribution in [0.3, 0.4) is 0 Å². The molecule has 0 bridgehead atoms. The SMILES string of the molecule is CC(C)(C)OC(=O)C(N)c1ccccc1C[C@H](NC(=O)OCC1c2ccccc2-c2ccccc21)C(=O)O. The van der Waals surface area contributed by atoms with Crippen LogP contribution >= 0.6 is 0 Å². The fourth-order valence-corrected chi connectivity index (χ4v) is 4.72. The van der Waals surface area contributed by atoms with Gasteiger partial charge in [-0.25, -0.2) is 14.4 Å². The molecule has 1 amide bonds. The van der Waals surface area contributed by atoms with Crippen molar-refractivity contribution in [2.75, 3.05) is 6.61 Å². The Morgan fingerprint density at radius 3 is 2.05 bits per heavy atom. The first kappa shape index (κ1) is 26.9. The number of nitrogens with two attached hydrogens (primary N) is 1. The molecule has 1 unspecified atom stereocenters. The lowest BCUT2D eigenvalue weighted by Crippen LogP contribution is -2.43. The Kier molecular flexibility index (Phi) is 7.83. The van der Waals surface area contributed by atoms with Crippen LogP contribution in [0.25, 0.3) is 11.1 Å². The van der Waals surface area contributed by atoms with Gasteiger partial charge in [0, 0.05) is 12.3 Å². The Labute approximate surface area is 221 Å². The summed E-state index contributed by atoms with van der Waals surface area (Å²) in [5.74, 6) is -2.01. The third-order valence-corrected chi connectivity index (χ3v) is 6.41. The van der Waals surface area contributed by atoms with Crippen LogP contribution in [0.15, 0.2) is 72.8 Å². The number of fused-ring (bicyclic) bond motifs is 3. The molecular weight excluding hydrogens is 484 g/mol. The number of benzene rings is 3. The first-order valence-corrected chi connectivity index (χ1v) is 12.5. The molecule has 1 aliphatic rings. The molecule has 8 nitrogen and oxygen atoms in total. The molecule has 38 heavy (non-hydrogen) atoms. The average molecular weight is 517 g/mol. The molecule has 0 saturated carbocycles. The number of hydrogen-bond acceptors (Lipinski definition) is 6. The molecule has 2 atom stereocenters. The summed E-state index contributed by atoms with van der Waals surface area (Å²) in [6.07, 6.45) is -0.931. The molecule has 3 aromatic rings. The zero-order chi connectivity index (χ0) is 27.4. The Morgan fingerprint density at radius 2 is 1.47 bits per heavy atom. The van der Waals surface area contributed by atoms with E-state index in [9.17, 15) is 19.5 Å². The summed E-state index contributed by atoms with van der Waals surface area (Å²) < 4.78 is 10.9. The quantitative estimate of drug-likeness (QED) is 0.374. The highest BCUT2D eigenvalue weighted by molar-refractivity contribution is 5.82. The number of nitrogens with one attached hydrogen (secondary N) is 1. The highest BCUT2D eigenvalue weighted by Crippen LogP contribution is 2.44. The molecule has 3 aromatic carbocycles. The predicted octanol–water partition coefficient (Wildman–Crippen LogP) is 4.56. The summed E-state index contributed by atoms with van der Waals surface area (Å²) in [5.41, 5.74) is 10.7. The number of carboxylic acids is 1. The van der Waals surface area contributed by atoms with Crippen molar-refractivity contribution in [1.82, 2.24) is 5.32 Å². The molecule has 0 saturated heterocycles. The van der Waals surface area contributed by atoms with Crippen molar-refractivity contribution >= 4 is 18.0 Å². The molecule has 0 aromatic heterocycles. The normalized spacial score (nSPS) is 14.1. The largest absolute Gasteiger partial charge is 0.480 e. The van der Waals surface area contributed by atoms with Crippen molar-refractivity contribution in [1.29, 1.82) is 0 Å². The van der Waals surface area contributed by atoms with Gasteiger partial charge in [-0.15, -0.1) is 0 Å². The number of esters is 1. The number of alkyl carbamates (subject to hydrolysis) is 1. The van der Waals surface area contributed by atoms with E-state index in [0.29, 0.717) is 11.1 Å². The maximum atomic E-state index is 12.7. The minimum Gasteiger partial charge on any atom is -0.480 e. The minimum absolute atomic E-state index is 0.0618. The number of aliphatic carboxylic acids is 1. The number of ether oxygens (including phenoxy) is 2. The molecular formula is C30H32N2O6. The Morgan fingerprint density at radius 1 is 0.921 bits per heavy atom. The molecule has 0 radical (unpaired) electrons. The van der Waals surface area contributed by atoms with Crippen molar-refractivity contribution < 1.29 is 29.0 Å². The number of carbonyl (C=O) groups excluding carboxylic acids is 2. The van der Waals surface area contributed by atoms with Gasteiger partial charge in [-0.2, -0.15) is 0 Å². The van der Waals surface area contributed by atoms with Gasteiger partial charge in [-0.1, -0.05) is 72.8 Å². The number of rotatable bonds is 8. The van der Waals surface area contributed by atoms with E-state index < -0.39 is 35.7 Å². The van der Waals surface area contributed by atoms with Crippen LogP contribution in [0.4, 0.5) is 4.79 Å². The fourth-order valence-electron chi connectivity index (χ4n) is 4.72. The zero-order valence-corrected chi connectivity index (χ0v) is 21.6. The molecule has 1 aliphatic carbocycles. The average Bonchev–Trinajstić information content (AvgIpc) is 3.19. The standard InChI is InChI=1S/C30H32N2O6/c1-30(2,3)38-28(35)26(31)19-11-5-4-10-18(19)16-25(27(33)34)32-29(36)37-17-24-22-14-8-6-12-20(22)21-13-7-9-15-23(21)24/h4-15,24-26H,16-17,31H2,1-3H3,(H,32,36)(H,33,34)/t25-,26?/m0/s1. The number of amides is 1. The van der Waals surface area contributed by atoms with Gasteiger partial charge in [0.05, 0.1) is 0 Å². The van der Waals surface area contributed by atoms with Crippen LogP contribution in [0.2, 0.25) is 0 Å². The van der Waals surface area contributed by atoms with Gasteiger partial charge in [0.15, 0.2) is 0 Å². The first-order chi connectivity index (χ1) is 18.0. The summed E-state index contributed by atoms with van der Waals surface area (Å²) >= 11 is 0. The minimum atomic E-state index is -1.29. The van der Waals surface area contributed by atoms with Gasteiger partial charge in [0.2, 0.25) is 0 Å². The van der Waals surface area contributed by atoms with Crippen LogP contribution in [-0.4, -0.2) is 41.4 Å². The van der Waals surface area contributed by atoms with Gasteiger partial charge >= 0.3 is 18.0 Å². The summed E-state index contributed by atoms with van der Waals surface area (Å²) in [7, 11) is 0. The van der Waals surface area contributed by atoms with Gasteiger partial charge in [0.1, 0.15) is 24.3 Å². The van der Waals surface area contributed by atoms with Crippen molar-refractivity contribution in [3.05, 3.63) is 95.1 Å². The fraction of sp³-hybridized carbons (Fsp3) is 0.300. The molecule has 198 valence electrons. The van der Waals surface area contributed by atoms with Gasteiger partial charge in [0.25, 0.3) is 0 Å². The second-order valence-corrected chi connectivity index (χ2v) is 10.3. The van der Waals surface area contributed by atoms with E-state index in [-0.39, 0.29) is 18.9 Å². The van der Waals surface area contributed by atoms with E-state index in [1.165, 1.54) is 0 Å². The van der Waals surface area contributed by atoms with Gasteiger partial charge in [-0.3, -0.25) is 0 Å². The summed E-state index contributed by atoms with van der Waals surface area (Å²) in [6.45, 7) is 5.28. The molecule has 8 heteroatoms. The van der Waals surface area contributed by atoms with Gasteiger partial charge < -0.3 is 25.6 Å². The molecule has 4 rings (SSSR count). The number of hydrogen-bond donors (Lipinski definition) is 3. The molecule has 0 heterocycles. The highest BCUT2D eigenvalue weighted by atomic mass is 16.6. The van der Waals surface area contributed by atoms with Gasteiger partial charge in [-0.05, 0) is 54.2 Å². The van der Waals surface area contributed by atoms with Crippen LogP contribution in [0, 0.1) is 0 Å². The van der Waals surface area contributed by atoms with E-state index in [0.717, 1.165) is 22.3 Å². The number of carboxylic acid groups (broad SMARTS) is 1. The van der Waals surface area contributed by atoms with Crippen LogP contribution < -0.4 is 11.1 Å². The lowest BCUT2D eigenvalue weighted by atomic mass is 9.95. The van der Waals surface area contributed by atoms with Crippen molar-refractivity contribution in [3.63, 3.8) is 0 Å². The lowest BCUT2D eigenvalue weighted by molar-refractivity contribution is -0.156. The van der Waals surface area contributed by atoms with Crippen LogP contribution in [-0.2, 0) is 25.5 Å². The molecule has 0 fully saturated rings. The van der Waals surface area contributed by atoms with Crippen molar-refractivity contribution in [2.45, 2.75) is 50.8 Å². The molecule has 0 aliphatic heterocycles. The third kappa shape index (κ3) is 6.03. The maximum absolute atomic E-state index is 12.7. The Bertz CT molecular complexity index is 1300. The second-order valence-electron chi connectivity index (χ2n) is 10.3. The second kappa shape index (κ2) is 11.1. The summed E-state index contributed by atoms with van der Waals surface area (Å²) in [5, 5.41) is 12.3. The van der Waals surface area contributed by atoms with Crippen molar-refractivity contribution in [3.8, 4) is 11.1 Å². The molecule has 0 spiro atoms. The Balaban J connectivity index is 1.44. The topological polar surface area (TPSA) is 128 Å². The summed E-state index contributed by atoms with van der Waals surface area (Å²) in [6, 6.07) is 20.3. The van der Waals surface area contributed by atoms with E-state index in [4.69, 9.17) is 15.2 Å². The van der Waals surface area contributed by atoms with E-state index in [1.54, 1.807) is 45.0 Å². The monoisotopic (exact) mass is 516 g/mol.